The fraction of sp³-hybridized carbons (Fsp3) is 0.588. The van der Waals surface area contributed by atoms with Gasteiger partial charge in [-0.3, -0.25) is 9.69 Å². The molecule has 1 aromatic carbocycles. The lowest BCUT2D eigenvalue weighted by Crippen LogP contribution is -2.47. The maximum absolute atomic E-state index is 11.8. The van der Waals surface area contributed by atoms with Crippen LogP contribution in [-0.2, 0) is 4.79 Å². The van der Waals surface area contributed by atoms with Crippen LogP contribution in [0.15, 0.2) is 24.3 Å². The highest BCUT2D eigenvalue weighted by Gasteiger charge is 2.20. The number of ether oxygens (including phenoxy) is 1. The van der Waals surface area contributed by atoms with Gasteiger partial charge in [0, 0.05) is 39.1 Å². The van der Waals surface area contributed by atoms with Crippen LogP contribution in [-0.4, -0.2) is 62.6 Å². The quantitative estimate of drug-likeness (QED) is 0.865. The fourth-order valence-electron chi connectivity index (χ4n) is 2.66. The van der Waals surface area contributed by atoms with E-state index in [9.17, 15) is 4.79 Å². The Hall–Kier alpha value is -1.59. The Morgan fingerprint density at radius 1 is 1.23 bits per heavy atom. The van der Waals surface area contributed by atoms with E-state index >= 15 is 0 Å². The summed E-state index contributed by atoms with van der Waals surface area (Å²) in [6, 6.07) is 8.00. The molecule has 1 fully saturated rings. The van der Waals surface area contributed by atoms with Crippen LogP contribution in [0.4, 0.5) is 0 Å². The molecule has 0 radical (unpaired) electrons. The average Bonchev–Trinajstić information content (AvgIpc) is 2.56. The Kier molecular flexibility index (Phi) is 6.21. The first-order chi connectivity index (χ1) is 10.6. The number of carbonyl (C=O) groups excluding carboxylic acids is 1. The summed E-state index contributed by atoms with van der Waals surface area (Å²) in [6.45, 7) is 6.99. The predicted molar refractivity (Wildman–Crippen MR) is 88.1 cm³/mol. The Labute approximate surface area is 133 Å². The molecule has 0 saturated carbocycles. The molecule has 1 saturated heterocycles. The van der Waals surface area contributed by atoms with Crippen molar-refractivity contribution in [3.05, 3.63) is 29.8 Å². The number of piperazine rings is 1. The van der Waals surface area contributed by atoms with Gasteiger partial charge < -0.3 is 15.0 Å². The highest BCUT2D eigenvalue weighted by atomic mass is 16.5. The minimum Gasteiger partial charge on any atom is -0.497 e. The molecule has 5 nitrogen and oxygen atoms in total. The molecular formula is C17H27N3O2. The molecule has 1 aliphatic rings. The third-order valence-electron chi connectivity index (χ3n) is 4.21. The SMILES string of the molecule is CCC(=O)NC(CN1CCN(C)CC1)c1ccc(OC)cc1. The maximum Gasteiger partial charge on any atom is 0.220 e. The van der Waals surface area contributed by atoms with Gasteiger partial charge in [0.2, 0.25) is 5.91 Å². The van der Waals surface area contributed by atoms with E-state index in [-0.39, 0.29) is 11.9 Å². The van der Waals surface area contributed by atoms with Crippen LogP contribution in [0.3, 0.4) is 0 Å². The summed E-state index contributed by atoms with van der Waals surface area (Å²) in [4.78, 5) is 16.6. The lowest BCUT2D eigenvalue weighted by atomic mass is 10.1. The number of rotatable bonds is 6. The van der Waals surface area contributed by atoms with Crippen LogP contribution < -0.4 is 10.1 Å². The molecule has 1 heterocycles. The second-order valence-electron chi connectivity index (χ2n) is 5.85. The molecule has 0 bridgehead atoms. The van der Waals surface area contributed by atoms with Gasteiger partial charge in [0.25, 0.3) is 0 Å². The molecule has 1 atom stereocenters. The predicted octanol–water partition coefficient (Wildman–Crippen LogP) is 1.51. The molecule has 1 aromatic rings. The van der Waals surface area contributed by atoms with Gasteiger partial charge in [0.05, 0.1) is 13.2 Å². The van der Waals surface area contributed by atoms with E-state index in [0.717, 1.165) is 44.0 Å². The van der Waals surface area contributed by atoms with Crippen molar-refractivity contribution < 1.29 is 9.53 Å². The van der Waals surface area contributed by atoms with Crippen molar-refractivity contribution in [3.8, 4) is 5.75 Å². The summed E-state index contributed by atoms with van der Waals surface area (Å²) >= 11 is 0. The molecule has 0 spiro atoms. The van der Waals surface area contributed by atoms with E-state index in [0.29, 0.717) is 6.42 Å². The molecule has 0 aromatic heterocycles. The number of nitrogens with zero attached hydrogens (tertiary/aromatic N) is 2. The van der Waals surface area contributed by atoms with Gasteiger partial charge in [-0.2, -0.15) is 0 Å². The lowest BCUT2D eigenvalue weighted by Gasteiger charge is -2.35. The molecule has 122 valence electrons. The molecule has 22 heavy (non-hydrogen) atoms. The summed E-state index contributed by atoms with van der Waals surface area (Å²) < 4.78 is 5.21. The monoisotopic (exact) mass is 305 g/mol. The average molecular weight is 305 g/mol. The largest absolute Gasteiger partial charge is 0.497 e. The van der Waals surface area contributed by atoms with Crippen molar-refractivity contribution in [2.75, 3.05) is 46.9 Å². The van der Waals surface area contributed by atoms with Crippen LogP contribution in [0.1, 0.15) is 24.9 Å². The molecule has 1 N–H and O–H groups in total. The van der Waals surface area contributed by atoms with Gasteiger partial charge in [0.15, 0.2) is 0 Å². The zero-order chi connectivity index (χ0) is 15.9. The van der Waals surface area contributed by atoms with Crippen LogP contribution in [0.2, 0.25) is 0 Å². The fourth-order valence-corrected chi connectivity index (χ4v) is 2.66. The first-order valence-electron chi connectivity index (χ1n) is 7.96. The van der Waals surface area contributed by atoms with Crippen molar-refractivity contribution in [2.24, 2.45) is 0 Å². The number of hydrogen-bond acceptors (Lipinski definition) is 4. The summed E-state index contributed by atoms with van der Waals surface area (Å²) in [5.41, 5.74) is 1.13. The van der Waals surface area contributed by atoms with Crippen LogP contribution in [0.5, 0.6) is 5.75 Å². The number of amides is 1. The van der Waals surface area contributed by atoms with Crippen LogP contribution in [0.25, 0.3) is 0 Å². The van der Waals surface area contributed by atoms with E-state index in [2.05, 4.69) is 22.2 Å². The van der Waals surface area contributed by atoms with Gasteiger partial charge in [0.1, 0.15) is 5.75 Å². The van der Waals surface area contributed by atoms with Crippen LogP contribution >= 0.6 is 0 Å². The van der Waals surface area contributed by atoms with E-state index in [1.54, 1.807) is 7.11 Å². The summed E-state index contributed by atoms with van der Waals surface area (Å²) in [5.74, 6) is 0.930. The molecule has 2 rings (SSSR count). The standard InChI is InChI=1S/C17H27N3O2/c1-4-17(21)18-16(13-20-11-9-19(2)10-12-20)14-5-7-15(22-3)8-6-14/h5-8,16H,4,9-13H2,1-3H3,(H,18,21). The summed E-state index contributed by atoms with van der Waals surface area (Å²) in [7, 11) is 3.81. The van der Waals surface area contributed by atoms with Crippen molar-refractivity contribution in [1.29, 1.82) is 0 Å². The topological polar surface area (TPSA) is 44.8 Å². The highest BCUT2D eigenvalue weighted by molar-refractivity contribution is 5.76. The zero-order valence-electron chi connectivity index (χ0n) is 13.8. The number of likely N-dealkylation sites (N-methyl/N-ethyl adjacent to an activating group) is 1. The summed E-state index contributed by atoms with van der Waals surface area (Å²) in [6.07, 6.45) is 0.509. The number of carbonyl (C=O) groups is 1. The number of benzene rings is 1. The number of hydrogen-bond donors (Lipinski definition) is 1. The van der Waals surface area contributed by atoms with Gasteiger partial charge in [-0.15, -0.1) is 0 Å². The van der Waals surface area contributed by atoms with E-state index in [1.165, 1.54) is 0 Å². The molecule has 5 heteroatoms. The second kappa shape index (κ2) is 8.15. The maximum atomic E-state index is 11.8. The first-order valence-corrected chi connectivity index (χ1v) is 7.96. The minimum atomic E-state index is 0.0294. The molecule has 1 unspecified atom stereocenters. The molecule has 0 aliphatic carbocycles. The van der Waals surface area contributed by atoms with Crippen LogP contribution in [0, 0.1) is 0 Å². The molecule has 1 amide bonds. The van der Waals surface area contributed by atoms with Gasteiger partial charge >= 0.3 is 0 Å². The van der Waals surface area contributed by atoms with Gasteiger partial charge in [-0.05, 0) is 24.7 Å². The highest BCUT2D eigenvalue weighted by Crippen LogP contribution is 2.19. The Morgan fingerprint density at radius 3 is 2.41 bits per heavy atom. The van der Waals surface area contributed by atoms with E-state index in [4.69, 9.17) is 4.74 Å². The van der Waals surface area contributed by atoms with Crippen molar-refractivity contribution in [1.82, 2.24) is 15.1 Å². The van der Waals surface area contributed by atoms with E-state index in [1.807, 2.05) is 31.2 Å². The van der Waals surface area contributed by atoms with E-state index < -0.39 is 0 Å². The Balaban J connectivity index is 2.05. The first kappa shape index (κ1) is 16.8. The number of nitrogens with one attached hydrogen (secondary N) is 1. The molecule has 1 aliphatic heterocycles. The van der Waals surface area contributed by atoms with Crippen molar-refractivity contribution in [3.63, 3.8) is 0 Å². The second-order valence-corrected chi connectivity index (χ2v) is 5.85. The third kappa shape index (κ3) is 4.71. The van der Waals surface area contributed by atoms with Crippen molar-refractivity contribution >= 4 is 5.91 Å². The van der Waals surface area contributed by atoms with Gasteiger partial charge in [-0.1, -0.05) is 19.1 Å². The Morgan fingerprint density at radius 2 is 1.86 bits per heavy atom. The number of methoxy groups -OCH3 is 1. The summed E-state index contributed by atoms with van der Waals surface area (Å²) in [5, 5.41) is 3.14. The smallest absolute Gasteiger partial charge is 0.220 e. The minimum absolute atomic E-state index is 0.0294. The lowest BCUT2D eigenvalue weighted by molar-refractivity contribution is -0.121. The van der Waals surface area contributed by atoms with Gasteiger partial charge in [-0.25, -0.2) is 0 Å². The molecular weight excluding hydrogens is 278 g/mol. The zero-order valence-corrected chi connectivity index (χ0v) is 13.8. The normalized spacial score (nSPS) is 18.0. The van der Waals surface area contributed by atoms with Crippen molar-refractivity contribution in [2.45, 2.75) is 19.4 Å². The Bertz CT molecular complexity index is 467. The third-order valence-corrected chi connectivity index (χ3v) is 4.21.